The molecule has 2 unspecified atom stereocenters. The van der Waals surface area contributed by atoms with Gasteiger partial charge in [-0.05, 0) is 119 Å². The second-order valence-corrected chi connectivity index (χ2v) is 28.0. The molecule has 99 heavy (non-hydrogen) atoms. The van der Waals surface area contributed by atoms with Crippen molar-refractivity contribution < 1.29 is 74.4 Å². The van der Waals surface area contributed by atoms with Gasteiger partial charge >= 0.3 is 0 Å². The standard InChI is InChI=1S/C52H88N10O15.C21H25N/c1-5-28(2)24-29(3)12-10-8-6-7-9-11-13-39(69)56-34-26-38(68)46(55-22-21-54)60-50(75)43-37(67)19-23-61(43)52(77)41(36(66)18-20-53)58-49(74)42(45(71)44(70)31-14-16-32(64)17-15-31)59-48(73)35-25-33(65)27-62(35)51(76)40(30(4)63)57-47(34)72;1-21(2,3)15-8-5-9-16-22(4)17-19-13-10-12-18-11-6-7-14-20(18)19/h14-17,28-30,33-38,40-46,55,63-68,70-71H,5-13,18-27,53-54H2,1-4H3,(H,56,69)(H,57,72)(H,58,74)(H,59,73)(H,60,75);5-7,9-14H,16-17H2,1-4H3/b;9-5+/t28?,29?,30-,33-,34-,35+,36-,37+,38+,40+,41+,42+,43+,44+,45+,46+;/m1./s1. The molecule has 3 fully saturated rings. The number of aliphatic hydroxyl groups is 7. The van der Waals surface area contributed by atoms with Crippen molar-refractivity contribution in [1.29, 1.82) is 0 Å². The molecule has 3 aromatic carbocycles. The van der Waals surface area contributed by atoms with Gasteiger partial charge in [0, 0.05) is 63.9 Å². The summed E-state index contributed by atoms with van der Waals surface area (Å²) in [6.45, 7) is 15.0. The third-order valence-corrected chi connectivity index (χ3v) is 18.3. The van der Waals surface area contributed by atoms with Gasteiger partial charge in [-0.2, -0.15) is 0 Å². The molecular weight excluding hydrogens is 1270 g/mol. The van der Waals surface area contributed by atoms with Gasteiger partial charge in [0.1, 0.15) is 60.4 Å². The minimum absolute atomic E-state index is 0.0257. The first kappa shape index (κ1) is 82.5. The Morgan fingerprint density at radius 3 is 2.05 bits per heavy atom. The molecule has 3 aromatic rings. The third-order valence-electron chi connectivity index (χ3n) is 18.3. The topological polar surface area (TPSA) is 415 Å². The summed E-state index contributed by atoms with van der Waals surface area (Å²) < 4.78 is 0. The fraction of sp³-hybridized carbons (Fsp3) is 0.630. The highest BCUT2D eigenvalue weighted by molar-refractivity contribution is 5.98. The van der Waals surface area contributed by atoms with Gasteiger partial charge in [0.25, 0.3) is 0 Å². The lowest BCUT2D eigenvalue weighted by Gasteiger charge is -2.35. The van der Waals surface area contributed by atoms with Gasteiger partial charge < -0.3 is 88.7 Å². The molecule has 3 aliphatic heterocycles. The molecule has 26 heteroatoms. The lowest BCUT2D eigenvalue weighted by molar-refractivity contribution is -0.148. The van der Waals surface area contributed by atoms with Crippen LogP contribution in [0, 0.1) is 29.1 Å². The molecule has 18 N–H and O–H groups in total. The molecular formula is C73H113N11O15. The third kappa shape index (κ3) is 26.1. The highest BCUT2D eigenvalue weighted by Gasteiger charge is 2.49. The second kappa shape index (κ2) is 41.0. The number of allylic oxidation sites excluding steroid dienone is 1. The number of unbranched alkanes of at least 4 members (excludes halogenated alkanes) is 5. The predicted octanol–water partition coefficient (Wildman–Crippen LogP) is 1.57. The van der Waals surface area contributed by atoms with E-state index in [0.717, 1.165) is 68.3 Å². The van der Waals surface area contributed by atoms with Crippen LogP contribution in [0.1, 0.15) is 156 Å². The molecule has 7 amide bonds. The number of carbonyl (C=O) groups excluding carboxylic acids is 7. The number of carbonyl (C=O) groups is 7. The van der Waals surface area contributed by atoms with Crippen molar-refractivity contribution in [2.75, 3.05) is 46.3 Å². The lowest BCUT2D eigenvalue weighted by Crippen LogP contribution is -2.65. The monoisotopic (exact) mass is 1380 g/mol. The van der Waals surface area contributed by atoms with E-state index in [2.05, 4.69) is 146 Å². The van der Waals surface area contributed by atoms with E-state index in [9.17, 15) is 74.4 Å². The number of amides is 7. The number of nitrogens with one attached hydrogen (secondary N) is 6. The van der Waals surface area contributed by atoms with Gasteiger partial charge in [-0.1, -0.05) is 138 Å². The highest BCUT2D eigenvalue weighted by Crippen LogP contribution is 2.28. The quantitative estimate of drug-likeness (QED) is 0.0380. The Bertz CT molecular complexity index is 3150. The van der Waals surface area contributed by atoms with Crippen molar-refractivity contribution in [2.24, 2.45) is 28.7 Å². The van der Waals surface area contributed by atoms with Crippen LogP contribution >= 0.6 is 0 Å². The normalized spacial score (nSPS) is 24.9. The lowest BCUT2D eigenvalue weighted by atomic mass is 9.91. The Hall–Kier alpha value is -7.13. The van der Waals surface area contributed by atoms with E-state index in [1.54, 1.807) is 0 Å². The molecule has 16 atom stereocenters. The molecule has 26 nitrogen and oxygen atoms in total. The molecule has 3 aliphatic rings. The van der Waals surface area contributed by atoms with Gasteiger partial charge in [0.15, 0.2) is 0 Å². The van der Waals surface area contributed by atoms with Crippen LogP contribution in [0.4, 0.5) is 0 Å². The van der Waals surface area contributed by atoms with Crippen molar-refractivity contribution in [3.63, 3.8) is 0 Å². The number of phenolic OH excluding ortho intramolecular Hbond substituents is 1. The summed E-state index contributed by atoms with van der Waals surface area (Å²) >= 11 is 0. The van der Waals surface area contributed by atoms with Gasteiger partial charge in [-0.15, -0.1) is 0 Å². The summed E-state index contributed by atoms with van der Waals surface area (Å²) in [5, 5.41) is 107. The molecule has 0 saturated carbocycles. The molecule has 6 rings (SSSR count). The summed E-state index contributed by atoms with van der Waals surface area (Å²) in [7, 11) is 2.14. The molecule has 0 radical (unpaired) electrons. The van der Waals surface area contributed by atoms with Gasteiger partial charge in [0.2, 0.25) is 41.4 Å². The predicted molar refractivity (Wildman–Crippen MR) is 377 cm³/mol. The zero-order valence-corrected chi connectivity index (χ0v) is 59.0. The number of fused-ring (bicyclic) bond motifs is 3. The number of aliphatic hydroxyl groups excluding tert-OH is 7. The van der Waals surface area contributed by atoms with Gasteiger partial charge in [0.05, 0.1) is 30.5 Å². The number of hydrogen-bond donors (Lipinski definition) is 16. The molecule has 550 valence electrons. The smallest absolute Gasteiger partial charge is 0.248 e. The molecule has 0 aromatic heterocycles. The molecule has 0 bridgehead atoms. The Balaban J connectivity index is 0.000000676. The van der Waals surface area contributed by atoms with Crippen LogP contribution in [0.5, 0.6) is 5.75 Å². The number of phenols is 1. The van der Waals surface area contributed by atoms with Crippen LogP contribution < -0.4 is 43.4 Å². The average molecular weight is 1380 g/mol. The van der Waals surface area contributed by atoms with E-state index < -0.39 is 146 Å². The Morgan fingerprint density at radius 1 is 0.737 bits per heavy atom. The van der Waals surface area contributed by atoms with E-state index in [1.807, 2.05) is 6.08 Å². The van der Waals surface area contributed by atoms with Crippen molar-refractivity contribution in [3.8, 4) is 17.6 Å². The van der Waals surface area contributed by atoms with Gasteiger partial charge in [-0.25, -0.2) is 0 Å². The van der Waals surface area contributed by atoms with Crippen LogP contribution in [0.2, 0.25) is 0 Å². The fourth-order valence-electron chi connectivity index (χ4n) is 12.6. The number of aromatic hydroxyl groups is 1. The Morgan fingerprint density at radius 2 is 1.38 bits per heavy atom. The number of nitrogens with zero attached hydrogens (tertiary/aromatic N) is 3. The van der Waals surface area contributed by atoms with E-state index in [4.69, 9.17) is 11.5 Å². The summed E-state index contributed by atoms with van der Waals surface area (Å²) in [5.41, 5.74) is 12.9. The summed E-state index contributed by atoms with van der Waals surface area (Å²) in [5.74, 6) is -0.103. The minimum atomic E-state index is -2.28. The average Bonchev–Trinajstić information content (AvgIpc) is 1.72. The number of hydrogen-bond acceptors (Lipinski definition) is 19. The second-order valence-electron chi connectivity index (χ2n) is 28.0. The van der Waals surface area contributed by atoms with E-state index in [-0.39, 0.29) is 62.2 Å². The van der Waals surface area contributed by atoms with Crippen molar-refractivity contribution in [1.82, 2.24) is 46.6 Å². The number of nitrogens with two attached hydrogens (primary N) is 2. The van der Waals surface area contributed by atoms with Crippen LogP contribution in [0.15, 0.2) is 78.9 Å². The number of rotatable bonds is 27. The molecule has 0 aliphatic carbocycles. The van der Waals surface area contributed by atoms with Crippen molar-refractivity contribution >= 4 is 52.1 Å². The summed E-state index contributed by atoms with van der Waals surface area (Å²) in [4.78, 5) is 104. The number of benzene rings is 3. The first-order chi connectivity index (χ1) is 47.0. The highest BCUT2D eigenvalue weighted by atomic mass is 16.3. The molecule has 3 heterocycles. The van der Waals surface area contributed by atoms with Gasteiger partial charge in [-0.3, -0.25) is 43.8 Å². The minimum Gasteiger partial charge on any atom is -0.508 e. The molecule has 0 spiro atoms. The first-order valence-corrected chi connectivity index (χ1v) is 35.1. The maximum Gasteiger partial charge on any atom is 0.248 e. The zero-order chi connectivity index (χ0) is 73.1. The maximum atomic E-state index is 14.6. The fourth-order valence-corrected chi connectivity index (χ4v) is 12.6. The zero-order valence-electron chi connectivity index (χ0n) is 59.0. The van der Waals surface area contributed by atoms with Crippen LogP contribution in [0.25, 0.3) is 10.8 Å². The largest absolute Gasteiger partial charge is 0.508 e. The van der Waals surface area contributed by atoms with Crippen molar-refractivity contribution in [2.45, 2.75) is 230 Å². The van der Waals surface area contributed by atoms with Crippen LogP contribution in [-0.4, -0.2) is 222 Å². The van der Waals surface area contributed by atoms with Crippen LogP contribution in [-0.2, 0) is 40.1 Å². The summed E-state index contributed by atoms with van der Waals surface area (Å²) in [6.07, 6.45) is -2.85. The SMILES string of the molecule is CCC(C)CC(C)CCCCCCCCC(=O)N[C@@H]1C[C@H](O)[C@@H](NCCN)NC(=O)[C@@H]2[C@@H](O)CCN2C(=O)[C@H]([C@H](O)CCN)NC(=O)[C@H]([C@H](O)[C@@H](O)c2ccc(O)cc2)NC(=O)[C@@H]2C[C@@H](O)CN2C(=O)[C@H]([C@@H](C)O)NC1=O.CN(C/C=C/C#CC(C)(C)C)Cc1cccc2ccccc12. The van der Waals surface area contributed by atoms with E-state index >= 15 is 0 Å². The van der Waals surface area contributed by atoms with Crippen LogP contribution in [0.3, 0.4) is 0 Å². The Kier molecular flexibility index (Phi) is 34.1. The summed E-state index contributed by atoms with van der Waals surface area (Å²) in [6, 6.07) is 8.68. The Labute approximate surface area is 583 Å². The maximum absolute atomic E-state index is 14.6. The van der Waals surface area contributed by atoms with E-state index in [1.165, 1.54) is 47.0 Å². The van der Waals surface area contributed by atoms with Crippen molar-refractivity contribution in [3.05, 3.63) is 90.0 Å². The van der Waals surface area contributed by atoms with E-state index in [0.29, 0.717) is 24.7 Å². The number of likely N-dealkylation sites (N-methyl/N-ethyl adjacent to an activating group) is 1. The molecule has 3 saturated heterocycles. The first-order valence-electron chi connectivity index (χ1n) is 35.1.